The zero-order chi connectivity index (χ0) is 10.1. The second kappa shape index (κ2) is 7.80. The molecule has 3 nitrogen and oxygen atoms in total. The highest BCUT2D eigenvalue weighted by Gasteiger charge is 1.94. The van der Waals surface area contributed by atoms with Crippen molar-refractivity contribution < 1.29 is 14.6 Å². The Morgan fingerprint density at radius 1 is 1.54 bits per heavy atom. The molecule has 0 fully saturated rings. The molecule has 0 aliphatic rings. The molecule has 1 atom stereocenters. The monoisotopic (exact) mass is 186 g/mol. The van der Waals surface area contributed by atoms with Crippen molar-refractivity contribution in [2.45, 2.75) is 38.7 Å². The third kappa shape index (κ3) is 9.08. The van der Waals surface area contributed by atoms with Crippen LogP contribution >= 0.6 is 0 Å². The molecule has 0 aromatic rings. The maximum absolute atomic E-state index is 10.6. The molecule has 0 heterocycles. The van der Waals surface area contributed by atoms with Crippen LogP contribution in [0.3, 0.4) is 0 Å². The predicted molar refractivity (Wildman–Crippen MR) is 51.3 cm³/mol. The third-order valence-electron chi connectivity index (χ3n) is 1.70. The van der Waals surface area contributed by atoms with Crippen LogP contribution in [-0.2, 0) is 9.53 Å². The molecule has 0 aliphatic carbocycles. The van der Waals surface area contributed by atoms with Crippen molar-refractivity contribution in [2.75, 3.05) is 7.11 Å². The Labute approximate surface area is 79.4 Å². The summed E-state index contributed by atoms with van der Waals surface area (Å²) in [6.07, 6.45) is 6.69. The van der Waals surface area contributed by atoms with Crippen LogP contribution in [0.1, 0.15) is 32.6 Å². The number of esters is 1. The van der Waals surface area contributed by atoms with Gasteiger partial charge < -0.3 is 9.84 Å². The Bertz CT molecular complexity index is 162. The highest BCUT2D eigenvalue weighted by atomic mass is 16.5. The van der Waals surface area contributed by atoms with Crippen LogP contribution in [0.15, 0.2) is 12.2 Å². The van der Waals surface area contributed by atoms with Gasteiger partial charge in [0.15, 0.2) is 0 Å². The van der Waals surface area contributed by atoms with Crippen molar-refractivity contribution in [2.24, 2.45) is 0 Å². The van der Waals surface area contributed by atoms with E-state index in [1.54, 1.807) is 13.0 Å². The molecule has 0 spiro atoms. The van der Waals surface area contributed by atoms with Gasteiger partial charge in [-0.25, -0.2) is 4.79 Å². The Balaban J connectivity index is 3.25. The SMILES string of the molecule is COC(=O)/C=C/CCCCC(C)O. The van der Waals surface area contributed by atoms with Crippen LogP contribution in [0, 0.1) is 0 Å². The highest BCUT2D eigenvalue weighted by molar-refractivity contribution is 5.81. The van der Waals surface area contributed by atoms with E-state index in [-0.39, 0.29) is 12.1 Å². The summed E-state index contributed by atoms with van der Waals surface area (Å²) in [6.45, 7) is 1.78. The second-order valence-corrected chi connectivity index (χ2v) is 3.06. The van der Waals surface area contributed by atoms with Gasteiger partial charge in [0.05, 0.1) is 13.2 Å². The van der Waals surface area contributed by atoms with Crippen LogP contribution in [0.5, 0.6) is 0 Å². The molecule has 13 heavy (non-hydrogen) atoms. The van der Waals surface area contributed by atoms with Gasteiger partial charge in [0.25, 0.3) is 0 Å². The van der Waals surface area contributed by atoms with E-state index in [9.17, 15) is 4.79 Å². The minimum Gasteiger partial charge on any atom is -0.466 e. The topological polar surface area (TPSA) is 46.5 Å². The van der Waals surface area contributed by atoms with E-state index in [2.05, 4.69) is 4.74 Å². The first-order valence-corrected chi connectivity index (χ1v) is 4.59. The normalized spacial score (nSPS) is 13.2. The van der Waals surface area contributed by atoms with Crippen LogP contribution in [0.2, 0.25) is 0 Å². The summed E-state index contributed by atoms with van der Waals surface area (Å²) in [6, 6.07) is 0. The first-order chi connectivity index (χ1) is 6.16. The van der Waals surface area contributed by atoms with Crippen LogP contribution in [-0.4, -0.2) is 24.3 Å². The zero-order valence-electron chi connectivity index (χ0n) is 8.32. The van der Waals surface area contributed by atoms with E-state index in [0.717, 1.165) is 25.7 Å². The molecule has 3 heteroatoms. The van der Waals surface area contributed by atoms with Crippen molar-refractivity contribution in [1.29, 1.82) is 0 Å². The minimum absolute atomic E-state index is 0.218. The van der Waals surface area contributed by atoms with E-state index in [4.69, 9.17) is 5.11 Å². The molecule has 0 saturated heterocycles. The largest absolute Gasteiger partial charge is 0.466 e. The number of unbranched alkanes of at least 4 members (excludes halogenated alkanes) is 2. The molecule has 0 rings (SSSR count). The average molecular weight is 186 g/mol. The lowest BCUT2D eigenvalue weighted by atomic mass is 10.1. The fraction of sp³-hybridized carbons (Fsp3) is 0.700. The Morgan fingerprint density at radius 2 is 2.23 bits per heavy atom. The maximum Gasteiger partial charge on any atom is 0.330 e. The summed E-state index contributed by atoms with van der Waals surface area (Å²) in [7, 11) is 1.36. The molecule has 0 aromatic heterocycles. The number of hydrogen-bond acceptors (Lipinski definition) is 3. The molecule has 0 aromatic carbocycles. The number of carbonyl (C=O) groups excluding carboxylic acids is 1. The maximum atomic E-state index is 10.6. The van der Waals surface area contributed by atoms with Crippen molar-refractivity contribution >= 4 is 5.97 Å². The lowest BCUT2D eigenvalue weighted by Crippen LogP contribution is -1.98. The molecule has 0 aliphatic heterocycles. The lowest BCUT2D eigenvalue weighted by molar-refractivity contribution is -0.134. The van der Waals surface area contributed by atoms with Gasteiger partial charge in [-0.15, -0.1) is 0 Å². The number of aliphatic hydroxyl groups is 1. The number of hydrogen-bond donors (Lipinski definition) is 1. The van der Waals surface area contributed by atoms with Crippen LogP contribution < -0.4 is 0 Å². The van der Waals surface area contributed by atoms with Gasteiger partial charge in [0, 0.05) is 6.08 Å². The number of methoxy groups -OCH3 is 1. The number of ether oxygens (including phenoxy) is 1. The van der Waals surface area contributed by atoms with Gasteiger partial charge >= 0.3 is 5.97 Å². The van der Waals surface area contributed by atoms with Crippen molar-refractivity contribution in [3.8, 4) is 0 Å². The van der Waals surface area contributed by atoms with Gasteiger partial charge in [-0.1, -0.05) is 12.5 Å². The van der Waals surface area contributed by atoms with Crippen LogP contribution in [0.25, 0.3) is 0 Å². The van der Waals surface area contributed by atoms with E-state index >= 15 is 0 Å². The Kier molecular flexibility index (Phi) is 7.30. The molecular weight excluding hydrogens is 168 g/mol. The van der Waals surface area contributed by atoms with E-state index in [0.29, 0.717) is 0 Å². The van der Waals surface area contributed by atoms with Gasteiger partial charge in [-0.2, -0.15) is 0 Å². The average Bonchev–Trinajstić information content (AvgIpc) is 2.10. The molecule has 1 unspecified atom stereocenters. The van der Waals surface area contributed by atoms with E-state index in [1.807, 2.05) is 0 Å². The van der Waals surface area contributed by atoms with Crippen molar-refractivity contribution in [1.82, 2.24) is 0 Å². The summed E-state index contributed by atoms with van der Waals surface area (Å²) >= 11 is 0. The van der Waals surface area contributed by atoms with Gasteiger partial charge in [0.2, 0.25) is 0 Å². The van der Waals surface area contributed by atoms with Crippen LogP contribution in [0.4, 0.5) is 0 Å². The summed E-state index contributed by atoms with van der Waals surface area (Å²) in [5.41, 5.74) is 0. The standard InChI is InChI=1S/C10H18O3/c1-9(11)7-5-3-4-6-8-10(12)13-2/h6,8-9,11H,3-5,7H2,1-2H3/b8-6+. The third-order valence-corrected chi connectivity index (χ3v) is 1.70. The Morgan fingerprint density at radius 3 is 2.77 bits per heavy atom. The molecule has 0 radical (unpaired) electrons. The lowest BCUT2D eigenvalue weighted by Gasteiger charge is -2.00. The van der Waals surface area contributed by atoms with Crippen molar-refractivity contribution in [3.05, 3.63) is 12.2 Å². The smallest absolute Gasteiger partial charge is 0.330 e. The summed E-state index contributed by atoms with van der Waals surface area (Å²) in [4.78, 5) is 10.6. The molecule has 0 bridgehead atoms. The summed E-state index contributed by atoms with van der Waals surface area (Å²) in [5, 5.41) is 8.94. The predicted octanol–water partition coefficient (Wildman–Crippen LogP) is 1.66. The fourth-order valence-electron chi connectivity index (χ4n) is 0.950. The number of allylic oxidation sites excluding steroid dienone is 1. The van der Waals surface area contributed by atoms with E-state index in [1.165, 1.54) is 13.2 Å². The van der Waals surface area contributed by atoms with Gasteiger partial charge in [0.1, 0.15) is 0 Å². The first kappa shape index (κ1) is 12.2. The highest BCUT2D eigenvalue weighted by Crippen LogP contribution is 2.03. The van der Waals surface area contributed by atoms with E-state index < -0.39 is 0 Å². The molecule has 1 N–H and O–H groups in total. The Hall–Kier alpha value is -0.830. The minimum atomic E-state index is -0.310. The zero-order valence-corrected chi connectivity index (χ0v) is 8.32. The fourth-order valence-corrected chi connectivity index (χ4v) is 0.950. The number of rotatable bonds is 6. The second-order valence-electron chi connectivity index (χ2n) is 3.06. The number of aliphatic hydroxyl groups excluding tert-OH is 1. The molecule has 0 amide bonds. The molecule has 76 valence electrons. The van der Waals surface area contributed by atoms with Gasteiger partial charge in [-0.05, 0) is 26.2 Å². The molecular formula is C10H18O3. The van der Waals surface area contributed by atoms with Gasteiger partial charge in [-0.3, -0.25) is 0 Å². The summed E-state index contributed by atoms with van der Waals surface area (Å²) in [5.74, 6) is -0.310. The first-order valence-electron chi connectivity index (χ1n) is 4.59. The summed E-state index contributed by atoms with van der Waals surface area (Å²) < 4.78 is 4.43. The molecule has 0 saturated carbocycles. The van der Waals surface area contributed by atoms with Crippen molar-refractivity contribution in [3.63, 3.8) is 0 Å². The quantitative estimate of drug-likeness (QED) is 0.390. The number of carbonyl (C=O) groups is 1.